The van der Waals surface area contributed by atoms with Gasteiger partial charge in [0.25, 0.3) is 11.8 Å². The summed E-state index contributed by atoms with van der Waals surface area (Å²) in [5.74, 6) is -0.195. The van der Waals surface area contributed by atoms with Gasteiger partial charge in [-0.15, -0.1) is 23.5 Å². The van der Waals surface area contributed by atoms with Crippen LogP contribution in [0, 0.1) is 13.8 Å². The lowest BCUT2D eigenvalue weighted by atomic mass is 9.82. The first kappa shape index (κ1) is 67.5. The minimum absolute atomic E-state index is 0.0175. The van der Waals surface area contributed by atoms with Crippen LogP contribution in [0.2, 0.25) is 0 Å². The van der Waals surface area contributed by atoms with Crippen molar-refractivity contribution in [1.29, 1.82) is 0 Å². The Morgan fingerprint density at radius 3 is 1.42 bits per heavy atom. The fourth-order valence-electron chi connectivity index (χ4n) is 12.4. The number of piperidine rings is 2. The fraction of sp³-hybridized carbons (Fsp3) is 0.612. The zero-order valence-corrected chi connectivity index (χ0v) is 55.8. The third-order valence-corrected chi connectivity index (χ3v) is 20.2. The van der Waals surface area contributed by atoms with Gasteiger partial charge in [0.1, 0.15) is 17.8 Å². The van der Waals surface area contributed by atoms with Gasteiger partial charge in [-0.25, -0.2) is 14.4 Å². The highest BCUT2D eigenvalue weighted by atomic mass is 32.2. The summed E-state index contributed by atoms with van der Waals surface area (Å²) in [5, 5.41) is 5.68. The maximum atomic E-state index is 14.4. The van der Waals surface area contributed by atoms with Gasteiger partial charge in [-0.2, -0.15) is 0 Å². The van der Waals surface area contributed by atoms with Crippen LogP contribution in [-0.2, 0) is 35.2 Å². The Kier molecular flexibility index (Phi) is 21.6. The first-order chi connectivity index (χ1) is 41.5. The molecule has 6 aliphatic rings. The second-order valence-corrected chi connectivity index (χ2v) is 29.7. The number of amides is 8. The maximum Gasteiger partial charge on any atom is 0.410 e. The minimum atomic E-state index is -0.602. The molecule has 88 heavy (non-hydrogen) atoms. The van der Waals surface area contributed by atoms with Gasteiger partial charge in [-0.3, -0.25) is 24.0 Å². The molecule has 2 aliphatic carbocycles. The predicted octanol–water partition coefficient (Wildman–Crippen LogP) is 11.7. The summed E-state index contributed by atoms with van der Waals surface area (Å²) < 4.78 is 15.7. The third-order valence-electron chi connectivity index (χ3n) is 17.1. The molecule has 4 heterocycles. The summed E-state index contributed by atoms with van der Waals surface area (Å²) in [6, 6.07) is 16.7. The number of carbonyl (C=O) groups is 8. The monoisotopic (exact) mass is 1250 g/mol. The molecule has 0 radical (unpaired) electrons. The SMILES string of the molecule is CCC(=O)NCCN1C(=O)C2(CCC2)Sc2cc(C)c(C(=O)N(C(C)C)[C@@H]3CCCN(C(=O)OC(C)(C)C)C3)cc21.Cc1cc2c(cc1C(=O)N(C(C)C)[C@@H]1CCCN(C(=O)OC(C)(C)C)C1)N(CCNC(=O)OCc1ccccc1)C(=O)C1(CCC1)S2. The van der Waals surface area contributed by atoms with Crippen LogP contribution in [0.5, 0.6) is 0 Å². The van der Waals surface area contributed by atoms with Crippen molar-refractivity contribution >= 4 is 82.7 Å². The topological polar surface area (TPSA) is 208 Å². The van der Waals surface area contributed by atoms with E-state index in [0.29, 0.717) is 62.5 Å². The molecule has 2 saturated heterocycles. The van der Waals surface area contributed by atoms with Crippen molar-refractivity contribution in [2.75, 3.05) is 62.2 Å². The first-order valence-corrected chi connectivity index (χ1v) is 33.3. The van der Waals surface area contributed by atoms with Gasteiger partial charge in [0.05, 0.1) is 33.0 Å². The van der Waals surface area contributed by atoms with Crippen LogP contribution in [0.3, 0.4) is 0 Å². The molecule has 3 aromatic carbocycles. The van der Waals surface area contributed by atoms with Gasteiger partial charge in [0, 0.05) is 91.8 Å². The predicted molar refractivity (Wildman–Crippen MR) is 344 cm³/mol. The van der Waals surface area contributed by atoms with Crippen LogP contribution in [-0.4, -0.2) is 165 Å². The molecular formula is C67H94N8O11S2. The number of nitrogens with zero attached hydrogens (tertiary/aromatic N) is 6. The number of hydrogen-bond acceptors (Lipinski definition) is 13. The Bertz CT molecular complexity index is 3080. The summed E-state index contributed by atoms with van der Waals surface area (Å²) in [4.78, 5) is 119. The maximum absolute atomic E-state index is 14.4. The number of alkyl carbamates (subject to hydrolysis) is 1. The van der Waals surface area contributed by atoms with E-state index in [4.69, 9.17) is 14.2 Å². The average Bonchev–Trinajstić information content (AvgIpc) is 0.763. The highest BCUT2D eigenvalue weighted by Gasteiger charge is 2.53. The standard InChI is InChI=1S/C36H48N4O6S.C31H46N4O5S/c1-24(2)40(27-14-10-18-38(22-27)34(44)46-35(4,5)6)31(41)28-21-29-30(20-25(28)3)47-36(15-11-16-36)32(42)39(29)19-17-37-33(43)45-23-26-12-8-7-9-13-26;1-8-26(36)32-14-16-34-24-18-23(21(4)17-25(24)41-31(28(34)38)12-10-13-31)27(37)35(20(2)3)22-11-9-15-33(19-22)29(39)40-30(5,6)7/h7-9,12-13,20-21,24,27H,10-11,14-19,22-23H2,1-6H3,(H,37,43);17-18,20,22H,8-16,19H2,1-7H3,(H,32,36)/t27-;22-/m11/s1. The second-order valence-electron chi connectivity index (χ2n) is 26.8. The van der Waals surface area contributed by atoms with Crippen LogP contribution in [0.25, 0.3) is 0 Å². The zero-order chi connectivity index (χ0) is 64.0. The number of likely N-dealkylation sites (tertiary alicyclic amines) is 2. The second kappa shape index (κ2) is 28.1. The molecule has 2 saturated carbocycles. The number of anilines is 2. The molecular weight excluding hydrogens is 1160 g/mol. The van der Waals surface area contributed by atoms with E-state index in [1.54, 1.807) is 50.0 Å². The Hall–Kier alpha value is -6.48. The molecule has 21 heteroatoms. The number of aryl methyl sites for hydroxylation is 2. The first-order valence-electron chi connectivity index (χ1n) is 31.7. The molecule has 0 unspecified atom stereocenters. The van der Waals surface area contributed by atoms with E-state index in [2.05, 4.69) is 10.6 Å². The lowest BCUT2D eigenvalue weighted by Crippen LogP contribution is -2.55. The largest absolute Gasteiger partial charge is 0.445 e. The van der Waals surface area contributed by atoms with Crippen molar-refractivity contribution in [3.8, 4) is 0 Å². The molecule has 3 aromatic rings. The molecule has 8 amide bonds. The summed E-state index contributed by atoms with van der Waals surface area (Å²) in [6.45, 7) is 28.1. The lowest BCUT2D eigenvalue weighted by Gasteiger charge is -2.47. The smallest absolute Gasteiger partial charge is 0.410 e. The minimum Gasteiger partial charge on any atom is -0.445 e. The van der Waals surface area contributed by atoms with Gasteiger partial charge in [0.2, 0.25) is 17.7 Å². The van der Waals surface area contributed by atoms with Crippen LogP contribution >= 0.6 is 23.5 Å². The van der Waals surface area contributed by atoms with Gasteiger partial charge >= 0.3 is 18.3 Å². The van der Waals surface area contributed by atoms with Gasteiger partial charge in [-0.1, -0.05) is 37.3 Å². The van der Waals surface area contributed by atoms with Crippen molar-refractivity contribution in [3.63, 3.8) is 0 Å². The molecule has 480 valence electrons. The van der Waals surface area contributed by atoms with Crippen molar-refractivity contribution in [2.24, 2.45) is 0 Å². The molecule has 2 N–H and O–H groups in total. The molecule has 2 spiro atoms. The Balaban J connectivity index is 0.000000230. The number of carbonyl (C=O) groups excluding carboxylic acids is 8. The average molecular weight is 1250 g/mol. The van der Waals surface area contributed by atoms with E-state index in [0.717, 1.165) is 96.4 Å². The molecule has 19 nitrogen and oxygen atoms in total. The molecule has 4 fully saturated rings. The number of fused-ring (bicyclic) bond motifs is 2. The highest BCUT2D eigenvalue weighted by molar-refractivity contribution is 8.02. The molecule has 4 aliphatic heterocycles. The summed E-state index contributed by atoms with van der Waals surface area (Å²) in [6.07, 6.45) is 7.55. The third kappa shape index (κ3) is 15.7. The van der Waals surface area contributed by atoms with Gasteiger partial charge in [-0.05, 0) is 188 Å². The van der Waals surface area contributed by atoms with E-state index in [-0.39, 0.29) is 85.6 Å². The van der Waals surface area contributed by atoms with Crippen molar-refractivity contribution in [3.05, 3.63) is 82.4 Å². The van der Waals surface area contributed by atoms with Gasteiger partial charge in [0.15, 0.2) is 0 Å². The van der Waals surface area contributed by atoms with Crippen molar-refractivity contribution in [1.82, 2.24) is 30.2 Å². The van der Waals surface area contributed by atoms with Gasteiger partial charge < -0.3 is 54.2 Å². The number of rotatable bonds is 15. The number of nitrogens with one attached hydrogen (secondary N) is 2. The fourth-order valence-corrected chi connectivity index (χ4v) is 15.7. The van der Waals surface area contributed by atoms with E-state index < -0.39 is 26.8 Å². The van der Waals surface area contributed by atoms with E-state index >= 15 is 0 Å². The summed E-state index contributed by atoms with van der Waals surface area (Å²) >= 11 is 3.23. The molecule has 0 aromatic heterocycles. The molecule has 0 bridgehead atoms. The number of ether oxygens (including phenoxy) is 3. The van der Waals surface area contributed by atoms with Crippen LogP contribution in [0.1, 0.15) is 184 Å². The highest BCUT2D eigenvalue weighted by Crippen LogP contribution is 2.56. The molecule has 2 atom stereocenters. The quantitative estimate of drug-likeness (QED) is 0.136. The summed E-state index contributed by atoms with van der Waals surface area (Å²) in [5.41, 5.74) is 3.94. The van der Waals surface area contributed by atoms with Crippen LogP contribution < -0.4 is 20.4 Å². The van der Waals surface area contributed by atoms with Crippen LogP contribution in [0.15, 0.2) is 64.4 Å². The van der Waals surface area contributed by atoms with E-state index in [1.165, 1.54) is 0 Å². The zero-order valence-electron chi connectivity index (χ0n) is 54.1. The van der Waals surface area contributed by atoms with E-state index in [9.17, 15) is 38.4 Å². The van der Waals surface area contributed by atoms with Crippen LogP contribution in [0.4, 0.5) is 25.8 Å². The van der Waals surface area contributed by atoms with Crippen molar-refractivity contribution < 1.29 is 52.6 Å². The number of benzene rings is 3. The Labute approximate surface area is 529 Å². The van der Waals surface area contributed by atoms with Crippen molar-refractivity contribution in [2.45, 2.75) is 222 Å². The lowest BCUT2D eigenvalue weighted by molar-refractivity contribution is -0.124. The Morgan fingerprint density at radius 1 is 0.625 bits per heavy atom. The molecule has 9 rings (SSSR count). The van der Waals surface area contributed by atoms with E-state index in [1.807, 2.05) is 147 Å². The number of thioether (sulfide) groups is 2. The number of hydrogen-bond donors (Lipinski definition) is 2. The summed E-state index contributed by atoms with van der Waals surface area (Å²) in [7, 11) is 0. The normalized spacial score (nSPS) is 19.4. The Morgan fingerprint density at radius 2 is 1.05 bits per heavy atom.